The van der Waals surface area contributed by atoms with Gasteiger partial charge in [-0.3, -0.25) is 0 Å². The molecule has 0 saturated heterocycles. The summed E-state index contributed by atoms with van der Waals surface area (Å²) in [6.07, 6.45) is 0. The molecule has 0 fully saturated rings. The molecule has 0 aliphatic carbocycles. The maximum Gasteiger partial charge on any atom is 0.164 e. The molecule has 8 aromatic carbocycles. The van der Waals surface area contributed by atoms with E-state index >= 15 is 0 Å². The minimum atomic E-state index is 0.644. The minimum Gasteiger partial charge on any atom is -0.236 e. The fraction of sp³-hybridized carbons (Fsp3) is 0. The number of hydrogen-bond acceptors (Lipinski definition) is 6. The number of rotatable bonds is 4. The Morgan fingerprint density at radius 3 is 1.58 bits per heavy atom. The van der Waals surface area contributed by atoms with Crippen molar-refractivity contribution in [2.24, 2.45) is 0 Å². The van der Waals surface area contributed by atoms with Gasteiger partial charge in [-0.25, -0.2) is 19.9 Å². The number of para-hydroxylation sites is 1. The van der Waals surface area contributed by atoms with E-state index in [1.807, 2.05) is 24.3 Å². The average Bonchev–Trinajstić information content (AvgIpc) is 3.83. The Morgan fingerprint density at radius 1 is 0.327 bits per heavy atom. The molecule has 0 bridgehead atoms. The predicted octanol–water partition coefficient (Wildman–Crippen LogP) is 13.0. The Kier molecular flexibility index (Phi) is 6.56. The highest BCUT2D eigenvalue weighted by atomic mass is 32.1. The van der Waals surface area contributed by atoms with Crippen molar-refractivity contribution in [3.63, 3.8) is 0 Å². The zero-order valence-electron chi connectivity index (χ0n) is 27.6. The fourth-order valence-electron chi connectivity index (χ4n) is 7.61. The van der Waals surface area contributed by atoms with E-state index in [-0.39, 0.29) is 0 Å². The third-order valence-electron chi connectivity index (χ3n) is 9.96. The van der Waals surface area contributed by atoms with E-state index in [0.29, 0.717) is 17.5 Å². The van der Waals surface area contributed by atoms with Crippen LogP contribution in [0.4, 0.5) is 0 Å². The maximum atomic E-state index is 5.29. The van der Waals surface area contributed by atoms with Crippen molar-refractivity contribution in [1.82, 2.24) is 19.9 Å². The summed E-state index contributed by atoms with van der Waals surface area (Å²) in [4.78, 5) is 20.7. The van der Waals surface area contributed by atoms with Crippen molar-refractivity contribution < 1.29 is 0 Å². The Morgan fingerprint density at radius 2 is 0.865 bits per heavy atom. The third kappa shape index (κ3) is 4.58. The van der Waals surface area contributed by atoms with Gasteiger partial charge < -0.3 is 0 Å². The minimum absolute atomic E-state index is 0.644. The summed E-state index contributed by atoms with van der Waals surface area (Å²) in [7, 11) is 0. The molecular weight excluding hydrogens is 673 g/mol. The average molecular weight is 699 g/mol. The molecule has 0 N–H and O–H groups in total. The molecule has 0 radical (unpaired) electrons. The molecule has 0 saturated carbocycles. The molecular formula is C46H26N4S2. The van der Waals surface area contributed by atoms with Crippen molar-refractivity contribution in [3.05, 3.63) is 158 Å². The largest absolute Gasteiger partial charge is 0.236 e. The van der Waals surface area contributed by atoms with Crippen LogP contribution in [-0.2, 0) is 0 Å². The Balaban J connectivity index is 1.18. The van der Waals surface area contributed by atoms with Gasteiger partial charge in [0.2, 0.25) is 0 Å². The first-order valence-corrected chi connectivity index (χ1v) is 18.9. The van der Waals surface area contributed by atoms with Crippen LogP contribution in [0.1, 0.15) is 0 Å². The van der Waals surface area contributed by atoms with Crippen molar-refractivity contribution in [1.29, 1.82) is 0 Å². The molecule has 4 nitrogen and oxygen atoms in total. The molecule has 0 spiro atoms. The topological polar surface area (TPSA) is 51.6 Å². The zero-order chi connectivity index (χ0) is 34.2. The summed E-state index contributed by atoms with van der Waals surface area (Å²) in [6.45, 7) is 0. The highest BCUT2D eigenvalue weighted by Crippen LogP contribution is 2.45. The lowest BCUT2D eigenvalue weighted by atomic mass is 9.93. The van der Waals surface area contributed by atoms with Crippen LogP contribution in [0.2, 0.25) is 0 Å². The van der Waals surface area contributed by atoms with Gasteiger partial charge in [-0.05, 0) is 62.6 Å². The third-order valence-corrected chi connectivity index (χ3v) is 12.1. The predicted molar refractivity (Wildman–Crippen MR) is 220 cm³/mol. The monoisotopic (exact) mass is 698 g/mol. The first-order valence-electron chi connectivity index (χ1n) is 17.2. The van der Waals surface area contributed by atoms with Crippen molar-refractivity contribution in [2.45, 2.75) is 0 Å². The van der Waals surface area contributed by atoms with Gasteiger partial charge in [-0.2, -0.15) is 0 Å². The number of nitrogens with zero attached hydrogens (tertiary/aromatic N) is 4. The van der Waals surface area contributed by atoms with Crippen LogP contribution >= 0.6 is 22.7 Å². The molecule has 52 heavy (non-hydrogen) atoms. The van der Waals surface area contributed by atoms with Crippen LogP contribution in [-0.4, -0.2) is 19.9 Å². The summed E-state index contributed by atoms with van der Waals surface area (Å²) >= 11 is 3.53. The van der Waals surface area contributed by atoms with Crippen molar-refractivity contribution in [3.8, 4) is 44.7 Å². The second-order valence-electron chi connectivity index (χ2n) is 13.0. The van der Waals surface area contributed by atoms with E-state index in [0.717, 1.165) is 38.2 Å². The van der Waals surface area contributed by atoms with Gasteiger partial charge in [0.1, 0.15) is 5.01 Å². The second-order valence-corrected chi connectivity index (χ2v) is 15.1. The van der Waals surface area contributed by atoms with E-state index in [9.17, 15) is 0 Å². The van der Waals surface area contributed by atoms with E-state index in [1.54, 1.807) is 22.7 Å². The molecule has 3 heterocycles. The van der Waals surface area contributed by atoms with Crippen LogP contribution in [0.15, 0.2) is 158 Å². The standard InChI is InChI=1S/C46H26N4S2/c1-2-12-27(13-3-1)43-48-44(28-24-25-33-31-16-5-4-14-29(31)30-15-6-7-17-32(30)36(33)26-28)50-45(49-43)34-18-10-22-39-41(34)42-35(19-11-23-40(42)51-39)46-47-37-20-8-9-21-38(37)52-46/h1-26H. The lowest BCUT2D eigenvalue weighted by molar-refractivity contribution is 1.08. The quantitative estimate of drug-likeness (QED) is 0.172. The Labute approximate surface area is 306 Å². The van der Waals surface area contributed by atoms with E-state index < -0.39 is 0 Å². The van der Waals surface area contributed by atoms with Gasteiger partial charge in [0.15, 0.2) is 17.5 Å². The van der Waals surface area contributed by atoms with Gasteiger partial charge in [-0.15, -0.1) is 22.7 Å². The van der Waals surface area contributed by atoms with Gasteiger partial charge in [-0.1, -0.05) is 127 Å². The SMILES string of the molecule is c1ccc(-c2nc(-c3ccc4c5ccccc5c5ccccc5c4c3)nc(-c3cccc4sc5cccc(-c6nc7ccccc7s6)c5c34)n2)cc1. The van der Waals surface area contributed by atoms with E-state index in [2.05, 4.69) is 133 Å². The molecule has 242 valence electrons. The highest BCUT2D eigenvalue weighted by molar-refractivity contribution is 7.26. The summed E-state index contributed by atoms with van der Waals surface area (Å²) in [6, 6.07) is 55.5. The lowest BCUT2D eigenvalue weighted by Gasteiger charge is -2.13. The van der Waals surface area contributed by atoms with Crippen LogP contribution in [0.5, 0.6) is 0 Å². The number of aromatic nitrogens is 4. The molecule has 0 aliphatic rings. The fourth-order valence-corrected chi connectivity index (χ4v) is 9.76. The molecule has 3 aromatic heterocycles. The molecule has 0 aliphatic heterocycles. The summed E-state index contributed by atoms with van der Waals surface area (Å²) in [5.74, 6) is 1.94. The van der Waals surface area contributed by atoms with Crippen molar-refractivity contribution >= 4 is 85.4 Å². The molecule has 0 amide bonds. The normalized spacial score (nSPS) is 11.8. The van der Waals surface area contributed by atoms with Gasteiger partial charge in [0.05, 0.1) is 10.2 Å². The first-order chi connectivity index (χ1) is 25.8. The molecule has 6 heteroatoms. The van der Waals surface area contributed by atoms with Crippen LogP contribution in [0.3, 0.4) is 0 Å². The molecule has 11 rings (SSSR count). The summed E-state index contributed by atoms with van der Waals surface area (Å²) in [5, 5.41) is 10.7. The maximum absolute atomic E-state index is 5.29. The number of thiophene rings is 1. The van der Waals surface area contributed by atoms with Gasteiger partial charge >= 0.3 is 0 Å². The van der Waals surface area contributed by atoms with Gasteiger partial charge in [0, 0.05) is 42.4 Å². The Hall–Kier alpha value is -6.34. The van der Waals surface area contributed by atoms with E-state index in [1.165, 1.54) is 51.8 Å². The van der Waals surface area contributed by atoms with Crippen LogP contribution in [0, 0.1) is 0 Å². The summed E-state index contributed by atoms with van der Waals surface area (Å²) in [5.41, 5.74) is 5.03. The molecule has 11 aromatic rings. The Bertz CT molecular complexity index is 3130. The first kappa shape index (κ1) is 29.4. The molecule has 0 unspecified atom stereocenters. The molecule has 0 atom stereocenters. The highest BCUT2D eigenvalue weighted by Gasteiger charge is 2.20. The zero-order valence-corrected chi connectivity index (χ0v) is 29.2. The van der Waals surface area contributed by atoms with Crippen LogP contribution in [0.25, 0.3) is 107 Å². The number of benzene rings is 8. The smallest absolute Gasteiger partial charge is 0.164 e. The number of thiazole rings is 1. The van der Waals surface area contributed by atoms with Crippen molar-refractivity contribution in [2.75, 3.05) is 0 Å². The number of hydrogen-bond donors (Lipinski definition) is 0. The van der Waals surface area contributed by atoms with Gasteiger partial charge in [0.25, 0.3) is 0 Å². The summed E-state index contributed by atoms with van der Waals surface area (Å²) < 4.78 is 3.58. The number of fused-ring (bicyclic) bond motifs is 10. The van der Waals surface area contributed by atoms with E-state index in [4.69, 9.17) is 19.9 Å². The lowest BCUT2D eigenvalue weighted by Crippen LogP contribution is -2.00. The van der Waals surface area contributed by atoms with Crippen LogP contribution < -0.4 is 0 Å². The second kappa shape index (κ2) is 11.6.